The summed E-state index contributed by atoms with van der Waals surface area (Å²) in [7, 11) is 0. The molecule has 8 nitrogen and oxygen atoms in total. The highest BCUT2D eigenvalue weighted by Gasteiger charge is 2.31. The van der Waals surface area contributed by atoms with E-state index in [0.717, 1.165) is 41.4 Å². The van der Waals surface area contributed by atoms with E-state index in [1.54, 1.807) is 11.0 Å². The molecule has 2 aliphatic heterocycles. The smallest absolute Gasteiger partial charge is 0.332 e. The van der Waals surface area contributed by atoms with Crippen molar-refractivity contribution in [2.24, 2.45) is 5.84 Å². The van der Waals surface area contributed by atoms with Crippen LogP contribution in [0.3, 0.4) is 0 Å². The number of aromatic amines is 1. The van der Waals surface area contributed by atoms with Gasteiger partial charge in [0.15, 0.2) is 0 Å². The first-order chi connectivity index (χ1) is 16.0. The molecule has 3 aromatic rings. The number of fused-ring (bicyclic) bond motifs is 2. The molecular weight excluding hydrogens is 442 g/mol. The largest absolute Gasteiger partial charge is 0.492 e. The van der Waals surface area contributed by atoms with Crippen LogP contribution < -0.4 is 15.9 Å². The van der Waals surface area contributed by atoms with Crippen molar-refractivity contribution in [1.29, 1.82) is 0 Å². The molecule has 5 rings (SSSR count). The van der Waals surface area contributed by atoms with Crippen molar-refractivity contribution in [2.75, 3.05) is 19.7 Å². The fourth-order valence-electron chi connectivity index (χ4n) is 4.61. The second kappa shape index (κ2) is 8.96. The second-order valence-corrected chi connectivity index (χ2v) is 8.97. The molecule has 0 radical (unpaired) electrons. The number of carbonyl (C=O) groups is 2. The van der Waals surface area contributed by atoms with Crippen LogP contribution >= 0.6 is 11.6 Å². The first kappa shape index (κ1) is 21.6. The maximum absolute atomic E-state index is 13.2. The van der Waals surface area contributed by atoms with Crippen molar-refractivity contribution in [3.8, 4) is 5.75 Å². The quantitative estimate of drug-likeness (QED) is 0.310. The molecule has 0 bridgehead atoms. The van der Waals surface area contributed by atoms with E-state index in [4.69, 9.17) is 22.2 Å². The number of nitrogens with zero attached hydrogens (tertiary/aromatic N) is 2. The molecule has 1 aromatic heterocycles. The van der Waals surface area contributed by atoms with Crippen molar-refractivity contribution in [2.45, 2.75) is 31.8 Å². The monoisotopic (exact) mass is 467 g/mol. The zero-order chi connectivity index (χ0) is 22.9. The van der Waals surface area contributed by atoms with E-state index in [2.05, 4.69) is 10.3 Å². The Kier molecular flexibility index (Phi) is 5.86. The van der Waals surface area contributed by atoms with E-state index < -0.39 is 0 Å². The molecule has 172 valence electrons. The number of para-hydroxylation sites is 1. The lowest BCUT2D eigenvalue weighted by Gasteiger charge is -2.37. The van der Waals surface area contributed by atoms with Gasteiger partial charge in [-0.15, -0.1) is 0 Å². The molecule has 9 heteroatoms. The third kappa shape index (κ3) is 4.36. The van der Waals surface area contributed by atoms with Gasteiger partial charge in [-0.1, -0.05) is 23.7 Å². The molecule has 33 heavy (non-hydrogen) atoms. The number of amides is 3. The number of hydrogen-bond donors (Lipinski definition) is 3. The maximum atomic E-state index is 13.2. The van der Waals surface area contributed by atoms with Gasteiger partial charge in [0, 0.05) is 41.1 Å². The number of halogens is 1. The Labute approximate surface area is 196 Å². The zero-order valence-corrected chi connectivity index (χ0v) is 18.9. The van der Waals surface area contributed by atoms with Gasteiger partial charge in [-0.05, 0) is 48.7 Å². The van der Waals surface area contributed by atoms with Gasteiger partial charge in [-0.3, -0.25) is 9.80 Å². The summed E-state index contributed by atoms with van der Waals surface area (Å²) in [6.07, 6.45) is 2.33. The van der Waals surface area contributed by atoms with Gasteiger partial charge >= 0.3 is 6.03 Å². The summed E-state index contributed by atoms with van der Waals surface area (Å²) in [6.45, 7) is 1.92. The SMILES string of the molecule is NN(C(=O)NCc1cc2cc(Cl)ccc2[nH]1)[C@@H]1CCCN(C(=O)c2cccc3c2OCC3)C1. The van der Waals surface area contributed by atoms with Crippen LogP contribution in [-0.2, 0) is 13.0 Å². The summed E-state index contributed by atoms with van der Waals surface area (Å²) in [4.78, 5) is 30.9. The summed E-state index contributed by atoms with van der Waals surface area (Å²) in [6, 6.07) is 12.6. The Morgan fingerprint density at radius 3 is 3.03 bits per heavy atom. The van der Waals surface area contributed by atoms with Gasteiger partial charge in [-0.2, -0.15) is 0 Å². The third-order valence-corrected chi connectivity index (χ3v) is 6.56. The molecule has 1 saturated heterocycles. The van der Waals surface area contributed by atoms with Gasteiger partial charge in [0.25, 0.3) is 5.91 Å². The normalized spacial score (nSPS) is 17.5. The average molecular weight is 468 g/mol. The molecule has 2 aliphatic rings. The topological polar surface area (TPSA) is 104 Å². The summed E-state index contributed by atoms with van der Waals surface area (Å²) >= 11 is 6.04. The van der Waals surface area contributed by atoms with Crippen LogP contribution in [0.15, 0.2) is 42.5 Å². The van der Waals surface area contributed by atoms with Crippen molar-refractivity contribution in [3.05, 3.63) is 64.3 Å². The van der Waals surface area contributed by atoms with E-state index in [1.807, 2.05) is 36.4 Å². The molecule has 1 fully saturated rings. The van der Waals surface area contributed by atoms with Crippen molar-refractivity contribution < 1.29 is 14.3 Å². The molecule has 1 atom stereocenters. The molecule has 0 spiro atoms. The van der Waals surface area contributed by atoms with Crippen molar-refractivity contribution in [1.82, 2.24) is 20.2 Å². The molecule has 0 aliphatic carbocycles. The van der Waals surface area contributed by atoms with E-state index in [1.165, 1.54) is 5.01 Å². The Morgan fingerprint density at radius 1 is 1.27 bits per heavy atom. The lowest BCUT2D eigenvalue weighted by molar-refractivity contribution is 0.0611. The van der Waals surface area contributed by atoms with Gasteiger partial charge in [0.2, 0.25) is 0 Å². The minimum atomic E-state index is -0.380. The number of urea groups is 1. The van der Waals surface area contributed by atoms with Crippen LogP contribution in [0.1, 0.15) is 34.5 Å². The number of H-pyrrole nitrogens is 1. The molecule has 2 aromatic carbocycles. The lowest BCUT2D eigenvalue weighted by Crippen LogP contribution is -2.57. The number of nitrogens with two attached hydrogens (primary N) is 1. The number of ether oxygens (including phenoxy) is 1. The number of nitrogens with one attached hydrogen (secondary N) is 2. The van der Waals surface area contributed by atoms with Crippen LogP contribution in [0.4, 0.5) is 4.79 Å². The highest BCUT2D eigenvalue weighted by molar-refractivity contribution is 6.31. The van der Waals surface area contributed by atoms with Crippen LogP contribution in [0, 0.1) is 0 Å². The van der Waals surface area contributed by atoms with E-state index in [-0.39, 0.29) is 18.0 Å². The first-order valence-corrected chi connectivity index (χ1v) is 11.5. The summed E-state index contributed by atoms with van der Waals surface area (Å²) in [5, 5.41) is 5.71. The van der Waals surface area contributed by atoms with Crippen molar-refractivity contribution in [3.63, 3.8) is 0 Å². The highest BCUT2D eigenvalue weighted by atomic mass is 35.5. The zero-order valence-electron chi connectivity index (χ0n) is 18.1. The molecule has 0 saturated carbocycles. The standard InChI is InChI=1S/C24H26ClN5O3/c25-17-6-7-21-16(11-17)12-18(28-21)13-27-24(32)30(26)19-4-2-9-29(14-19)23(31)20-5-1-3-15-8-10-33-22(15)20/h1,3,5-7,11-12,19,28H,2,4,8-10,13-14,26H2,(H,27,32)/t19-/m1/s1. The molecule has 0 unspecified atom stereocenters. The van der Waals surface area contributed by atoms with Crippen LogP contribution in [0.5, 0.6) is 5.75 Å². The Hall–Kier alpha value is -3.23. The van der Waals surface area contributed by atoms with E-state index in [9.17, 15) is 9.59 Å². The number of benzene rings is 2. The minimum Gasteiger partial charge on any atom is -0.492 e. The number of likely N-dealkylation sites (tertiary alicyclic amines) is 1. The van der Waals surface area contributed by atoms with Crippen LogP contribution in [0.2, 0.25) is 5.02 Å². The third-order valence-electron chi connectivity index (χ3n) is 6.33. The minimum absolute atomic E-state index is 0.0796. The number of hydrogen-bond acceptors (Lipinski definition) is 4. The second-order valence-electron chi connectivity index (χ2n) is 8.53. The average Bonchev–Trinajstić information content (AvgIpc) is 3.47. The predicted octanol–water partition coefficient (Wildman–Crippen LogP) is 3.45. The fraction of sp³-hybridized carbons (Fsp3) is 0.333. The van der Waals surface area contributed by atoms with E-state index in [0.29, 0.717) is 42.6 Å². The van der Waals surface area contributed by atoms with E-state index >= 15 is 0 Å². The Balaban J connectivity index is 1.21. The molecular formula is C24H26ClN5O3. The van der Waals surface area contributed by atoms with Gasteiger partial charge in [0.05, 0.1) is 24.8 Å². The molecule has 4 N–H and O–H groups in total. The first-order valence-electron chi connectivity index (χ1n) is 11.1. The van der Waals surface area contributed by atoms with Gasteiger partial charge in [-0.25, -0.2) is 10.6 Å². The van der Waals surface area contributed by atoms with Gasteiger partial charge in [0.1, 0.15) is 5.75 Å². The number of rotatable bonds is 4. The Morgan fingerprint density at radius 2 is 2.15 bits per heavy atom. The fourth-order valence-corrected chi connectivity index (χ4v) is 4.79. The number of piperidine rings is 1. The predicted molar refractivity (Wildman–Crippen MR) is 126 cm³/mol. The Bertz CT molecular complexity index is 1210. The number of hydrazine groups is 1. The van der Waals surface area contributed by atoms with Crippen LogP contribution in [-0.4, -0.2) is 52.6 Å². The van der Waals surface area contributed by atoms with Crippen LogP contribution in [0.25, 0.3) is 10.9 Å². The summed E-state index contributed by atoms with van der Waals surface area (Å²) in [5.41, 5.74) is 3.45. The van der Waals surface area contributed by atoms with Crippen molar-refractivity contribution >= 4 is 34.4 Å². The number of aromatic nitrogens is 1. The molecule has 3 amide bonds. The highest BCUT2D eigenvalue weighted by Crippen LogP contribution is 2.31. The molecule has 3 heterocycles. The summed E-state index contributed by atoms with van der Waals surface area (Å²) in [5.74, 6) is 6.78. The summed E-state index contributed by atoms with van der Waals surface area (Å²) < 4.78 is 5.70. The van der Waals surface area contributed by atoms with Gasteiger partial charge < -0.3 is 19.9 Å². The number of carbonyl (C=O) groups excluding carboxylic acids is 2. The maximum Gasteiger partial charge on any atom is 0.332 e. The lowest BCUT2D eigenvalue weighted by atomic mass is 10.0.